The number of likely N-dealkylation sites (tertiary alicyclic amines) is 1. The highest BCUT2D eigenvalue weighted by atomic mass is 35.5. The van der Waals surface area contributed by atoms with Crippen molar-refractivity contribution in [1.82, 2.24) is 14.8 Å². The van der Waals surface area contributed by atoms with Crippen LogP contribution in [0.4, 0.5) is 0 Å². The molecular formula is C26H28ClN3O3. The lowest BCUT2D eigenvalue weighted by molar-refractivity contribution is -0.172. The van der Waals surface area contributed by atoms with Crippen LogP contribution in [-0.2, 0) is 16.1 Å². The van der Waals surface area contributed by atoms with E-state index in [-0.39, 0.29) is 23.9 Å². The number of halogens is 1. The summed E-state index contributed by atoms with van der Waals surface area (Å²) in [6, 6.07) is 12.3. The van der Waals surface area contributed by atoms with E-state index in [0.29, 0.717) is 17.6 Å². The third-order valence-electron chi connectivity index (χ3n) is 7.46. The van der Waals surface area contributed by atoms with Crippen molar-refractivity contribution >= 4 is 28.4 Å². The fourth-order valence-corrected chi connectivity index (χ4v) is 5.58. The number of aromatic hydroxyl groups is 1. The number of piperidine rings is 1. The van der Waals surface area contributed by atoms with E-state index in [9.17, 15) is 9.90 Å². The smallest absolute Gasteiger partial charge is 0.248 e. The molecule has 33 heavy (non-hydrogen) atoms. The predicted molar refractivity (Wildman–Crippen MR) is 128 cm³/mol. The van der Waals surface area contributed by atoms with Crippen LogP contribution in [-0.4, -0.2) is 63.7 Å². The molecule has 0 radical (unpaired) electrons. The molecule has 1 spiro atoms. The molecule has 1 aliphatic carbocycles. The average molecular weight is 466 g/mol. The molecule has 2 aliphatic heterocycles. The predicted octanol–water partition coefficient (Wildman–Crippen LogP) is 4.55. The van der Waals surface area contributed by atoms with E-state index in [1.54, 1.807) is 6.07 Å². The van der Waals surface area contributed by atoms with Gasteiger partial charge in [-0.25, -0.2) is 0 Å². The summed E-state index contributed by atoms with van der Waals surface area (Å²) in [6.07, 6.45) is 5.96. The number of fused-ring (bicyclic) bond motifs is 1. The first-order chi connectivity index (χ1) is 16.0. The average Bonchev–Trinajstić information content (AvgIpc) is 3.56. The lowest BCUT2D eigenvalue weighted by Gasteiger charge is -2.47. The van der Waals surface area contributed by atoms with Crippen molar-refractivity contribution < 1.29 is 14.6 Å². The van der Waals surface area contributed by atoms with Crippen molar-refractivity contribution in [2.75, 3.05) is 26.2 Å². The van der Waals surface area contributed by atoms with Gasteiger partial charge in [-0.05, 0) is 60.9 Å². The fraction of sp³-hybridized carbons (Fsp3) is 0.423. The highest BCUT2D eigenvalue weighted by molar-refractivity contribution is 6.33. The number of morpholine rings is 1. The van der Waals surface area contributed by atoms with Crippen LogP contribution < -0.4 is 0 Å². The zero-order chi connectivity index (χ0) is 22.6. The molecule has 3 aliphatic rings. The molecule has 6 nitrogen and oxygen atoms in total. The van der Waals surface area contributed by atoms with E-state index in [0.717, 1.165) is 72.9 Å². The second-order valence-corrected chi connectivity index (χ2v) is 10.1. The lowest BCUT2D eigenvalue weighted by atomic mass is 9.89. The van der Waals surface area contributed by atoms with Gasteiger partial charge in [0.15, 0.2) is 0 Å². The Kier molecular flexibility index (Phi) is 5.13. The Labute approximate surface area is 198 Å². The maximum atomic E-state index is 12.2. The van der Waals surface area contributed by atoms with E-state index in [1.807, 2.05) is 29.3 Å². The molecule has 7 heteroatoms. The third-order valence-corrected chi connectivity index (χ3v) is 7.78. The molecular weight excluding hydrogens is 438 g/mol. The largest absolute Gasteiger partial charge is 0.508 e. The van der Waals surface area contributed by atoms with E-state index >= 15 is 0 Å². The number of benzene rings is 2. The number of ether oxygens (including phenoxy) is 1. The second kappa shape index (κ2) is 8.05. The number of phenolic OH excluding ortho intramolecular Hbond substituents is 1. The molecule has 1 aromatic heterocycles. The van der Waals surface area contributed by atoms with Crippen LogP contribution in [0.25, 0.3) is 22.0 Å². The Morgan fingerprint density at radius 3 is 2.76 bits per heavy atom. The molecule has 6 rings (SSSR count). The zero-order valence-electron chi connectivity index (χ0n) is 18.5. The zero-order valence-corrected chi connectivity index (χ0v) is 19.3. The SMILES string of the molecule is O=C1COC2(CCN(Cc3cc(Cl)c(-c4ccc5cc[nH]c5c4)cc3O)CC2)CN1C1CC1. The molecule has 1 saturated carbocycles. The summed E-state index contributed by atoms with van der Waals surface area (Å²) in [6.45, 7) is 3.32. The van der Waals surface area contributed by atoms with Gasteiger partial charge in [0.2, 0.25) is 5.91 Å². The molecule has 3 aromatic rings. The fourth-order valence-electron chi connectivity index (χ4n) is 5.29. The summed E-state index contributed by atoms with van der Waals surface area (Å²) in [5, 5.41) is 12.6. The molecule has 2 N–H and O–H groups in total. The number of carbonyl (C=O) groups excluding carboxylic acids is 1. The Morgan fingerprint density at radius 1 is 1.15 bits per heavy atom. The minimum atomic E-state index is -0.215. The van der Waals surface area contributed by atoms with E-state index in [4.69, 9.17) is 16.3 Å². The van der Waals surface area contributed by atoms with Gasteiger partial charge in [0.1, 0.15) is 12.4 Å². The Hall–Kier alpha value is -2.54. The molecule has 0 unspecified atom stereocenters. The van der Waals surface area contributed by atoms with Gasteiger partial charge in [-0.1, -0.05) is 23.7 Å². The van der Waals surface area contributed by atoms with Crippen LogP contribution in [0.1, 0.15) is 31.2 Å². The molecule has 3 heterocycles. The van der Waals surface area contributed by atoms with Gasteiger partial charge in [-0.2, -0.15) is 0 Å². The Balaban J connectivity index is 1.14. The van der Waals surface area contributed by atoms with Crippen molar-refractivity contribution in [2.24, 2.45) is 0 Å². The summed E-state index contributed by atoms with van der Waals surface area (Å²) in [5.41, 5.74) is 3.46. The Bertz CT molecular complexity index is 1210. The van der Waals surface area contributed by atoms with Crippen LogP contribution >= 0.6 is 11.6 Å². The molecule has 172 valence electrons. The normalized spacial score (nSPS) is 21.2. The van der Waals surface area contributed by atoms with E-state index in [2.05, 4.69) is 22.0 Å². The van der Waals surface area contributed by atoms with Gasteiger partial charge in [-0.15, -0.1) is 0 Å². The van der Waals surface area contributed by atoms with Crippen molar-refractivity contribution in [2.45, 2.75) is 43.9 Å². The minimum Gasteiger partial charge on any atom is -0.508 e. The highest BCUT2D eigenvalue weighted by Crippen LogP contribution is 2.38. The number of H-pyrrole nitrogens is 1. The summed E-state index contributed by atoms with van der Waals surface area (Å²) in [4.78, 5) is 19.8. The topological polar surface area (TPSA) is 68.8 Å². The number of amides is 1. The van der Waals surface area contributed by atoms with Crippen molar-refractivity contribution in [1.29, 1.82) is 0 Å². The summed E-state index contributed by atoms with van der Waals surface area (Å²) >= 11 is 6.66. The first kappa shape index (κ1) is 21.0. The number of nitrogens with one attached hydrogen (secondary N) is 1. The maximum absolute atomic E-state index is 12.2. The van der Waals surface area contributed by atoms with Gasteiger partial charge in [0.25, 0.3) is 0 Å². The quantitative estimate of drug-likeness (QED) is 0.593. The third kappa shape index (κ3) is 4.01. The standard InChI is InChI=1S/C26H28ClN3O3/c27-22-11-19(24(31)13-21(22)18-2-1-17-5-8-28-23(17)12-18)14-29-9-6-26(7-10-29)16-30(20-3-4-20)25(32)15-33-26/h1-2,5,8,11-13,20,28,31H,3-4,6-7,9-10,14-16H2. The number of aromatic nitrogens is 1. The van der Waals surface area contributed by atoms with Crippen LogP contribution in [0.2, 0.25) is 5.02 Å². The first-order valence-electron chi connectivity index (χ1n) is 11.7. The van der Waals surface area contributed by atoms with Gasteiger partial charge in [0.05, 0.1) is 12.1 Å². The molecule has 0 atom stereocenters. The van der Waals surface area contributed by atoms with Crippen molar-refractivity contribution in [3.8, 4) is 16.9 Å². The minimum absolute atomic E-state index is 0.139. The number of rotatable bonds is 4. The van der Waals surface area contributed by atoms with E-state index < -0.39 is 0 Å². The molecule has 2 aromatic carbocycles. The van der Waals surface area contributed by atoms with E-state index in [1.165, 1.54) is 0 Å². The van der Waals surface area contributed by atoms with Crippen molar-refractivity contribution in [3.05, 3.63) is 53.2 Å². The van der Waals surface area contributed by atoms with Crippen molar-refractivity contribution in [3.63, 3.8) is 0 Å². The van der Waals surface area contributed by atoms with Gasteiger partial charge < -0.3 is 19.7 Å². The number of carbonyl (C=O) groups is 1. The monoisotopic (exact) mass is 465 g/mol. The first-order valence-corrected chi connectivity index (χ1v) is 12.1. The molecule has 0 bridgehead atoms. The molecule has 2 saturated heterocycles. The summed E-state index contributed by atoms with van der Waals surface area (Å²) < 4.78 is 6.07. The number of hydrogen-bond donors (Lipinski definition) is 2. The van der Waals surface area contributed by atoms with Crippen LogP contribution in [0, 0.1) is 0 Å². The lowest BCUT2D eigenvalue weighted by Crippen LogP contribution is -2.59. The number of aromatic amines is 1. The Morgan fingerprint density at radius 2 is 1.97 bits per heavy atom. The summed E-state index contributed by atoms with van der Waals surface area (Å²) in [5.74, 6) is 0.404. The molecule has 1 amide bonds. The van der Waals surface area contributed by atoms with Gasteiger partial charge >= 0.3 is 0 Å². The van der Waals surface area contributed by atoms with Crippen LogP contribution in [0.15, 0.2) is 42.6 Å². The number of phenols is 1. The highest BCUT2D eigenvalue weighted by Gasteiger charge is 2.46. The van der Waals surface area contributed by atoms with Gasteiger partial charge in [0, 0.05) is 53.5 Å². The number of nitrogens with zero attached hydrogens (tertiary/aromatic N) is 2. The summed E-state index contributed by atoms with van der Waals surface area (Å²) in [7, 11) is 0. The second-order valence-electron chi connectivity index (χ2n) is 9.74. The maximum Gasteiger partial charge on any atom is 0.248 e. The van der Waals surface area contributed by atoms with Crippen LogP contribution in [0.5, 0.6) is 5.75 Å². The van der Waals surface area contributed by atoms with Gasteiger partial charge in [-0.3, -0.25) is 9.69 Å². The molecule has 3 fully saturated rings. The van der Waals surface area contributed by atoms with Crippen LogP contribution in [0.3, 0.4) is 0 Å². The number of hydrogen-bond acceptors (Lipinski definition) is 4.